The Balaban J connectivity index is 2.22. The van der Waals surface area contributed by atoms with E-state index in [1.165, 1.54) is 13.0 Å². The van der Waals surface area contributed by atoms with Crippen molar-refractivity contribution < 1.29 is 37.0 Å². The van der Waals surface area contributed by atoms with Crippen molar-refractivity contribution in [3.63, 3.8) is 0 Å². The van der Waals surface area contributed by atoms with Crippen LogP contribution in [0.25, 0.3) is 11.1 Å². The van der Waals surface area contributed by atoms with Crippen LogP contribution in [0.1, 0.15) is 85.0 Å². The van der Waals surface area contributed by atoms with E-state index >= 15 is 4.39 Å². The normalized spacial score (nSPS) is 13.8. The Kier molecular flexibility index (Phi) is 13.2. The average molecular weight is 704 g/mol. The van der Waals surface area contributed by atoms with Gasteiger partial charge in [0, 0.05) is 17.8 Å². The predicted molar refractivity (Wildman–Crippen MR) is 185 cm³/mol. The summed E-state index contributed by atoms with van der Waals surface area (Å²) in [5.74, 6) is -3.05. The molecular weight excluding hydrogens is 654 g/mol. The maximum Gasteiger partial charge on any atom is 0.416 e. The molecule has 0 aliphatic heterocycles. The molecule has 0 aliphatic rings. The molecule has 274 valence electrons. The summed E-state index contributed by atoms with van der Waals surface area (Å²) in [7, 11) is 3.57. The van der Waals surface area contributed by atoms with Gasteiger partial charge < -0.3 is 24.6 Å². The molecule has 2 atom stereocenters. The third kappa shape index (κ3) is 9.81. The van der Waals surface area contributed by atoms with Crippen LogP contribution in [-0.4, -0.2) is 53.7 Å². The molecule has 0 saturated carbocycles. The van der Waals surface area contributed by atoms with Gasteiger partial charge in [-0.15, -0.1) is 0 Å². The number of esters is 1. The summed E-state index contributed by atoms with van der Waals surface area (Å²) in [6.07, 6.45) is -4.34. The fourth-order valence-electron chi connectivity index (χ4n) is 6.44. The van der Waals surface area contributed by atoms with Gasteiger partial charge in [0.15, 0.2) is 5.72 Å². The highest BCUT2D eigenvalue weighted by molar-refractivity contribution is 5.83. The smallest absolute Gasteiger partial charge is 0.416 e. The molecule has 0 fully saturated rings. The van der Waals surface area contributed by atoms with E-state index in [4.69, 9.17) is 4.74 Å². The second-order valence-electron chi connectivity index (χ2n) is 13.8. The van der Waals surface area contributed by atoms with Gasteiger partial charge in [-0.1, -0.05) is 31.5 Å². The summed E-state index contributed by atoms with van der Waals surface area (Å²) in [5, 5.41) is 14.6. The van der Waals surface area contributed by atoms with E-state index < -0.39 is 58.7 Å². The van der Waals surface area contributed by atoms with Crippen molar-refractivity contribution >= 4 is 11.9 Å². The number of rotatable bonds is 14. The number of aliphatic hydroxyl groups is 1. The third-order valence-electron chi connectivity index (χ3n) is 8.55. The number of halogens is 4. The third-order valence-corrected chi connectivity index (χ3v) is 8.55. The first kappa shape index (κ1) is 40.4. The summed E-state index contributed by atoms with van der Waals surface area (Å²) in [6.45, 7) is 12.7. The molecule has 1 amide bonds. The number of carbonyl (C=O) groups excluding carboxylic acids is 2. The number of pyridine rings is 1. The minimum atomic E-state index is -4.81. The molecule has 2 N–H and O–H groups in total. The van der Waals surface area contributed by atoms with E-state index in [9.17, 15) is 32.7 Å². The number of amides is 1. The Labute approximate surface area is 291 Å². The van der Waals surface area contributed by atoms with Gasteiger partial charge in [-0.25, -0.2) is 4.39 Å². The second-order valence-corrected chi connectivity index (χ2v) is 13.8. The monoisotopic (exact) mass is 703 g/mol. The van der Waals surface area contributed by atoms with E-state index in [1.54, 1.807) is 40.9 Å². The lowest BCUT2D eigenvalue weighted by molar-refractivity contribution is -0.153. The predicted octanol–water partition coefficient (Wildman–Crippen LogP) is 6.90. The van der Waals surface area contributed by atoms with Gasteiger partial charge in [0.1, 0.15) is 11.9 Å². The minimum absolute atomic E-state index is 0.0208. The second kappa shape index (κ2) is 16.3. The number of aromatic nitrogens is 1. The molecule has 0 spiro atoms. The molecule has 50 heavy (non-hydrogen) atoms. The summed E-state index contributed by atoms with van der Waals surface area (Å²) in [4.78, 5) is 42.2. The van der Waals surface area contributed by atoms with Crippen LogP contribution in [0.2, 0.25) is 0 Å². The van der Waals surface area contributed by atoms with Crippen molar-refractivity contribution in [3.05, 3.63) is 91.6 Å². The number of aryl methyl sites for hydroxylation is 5. The Morgan fingerprint density at radius 1 is 0.980 bits per heavy atom. The maximum absolute atomic E-state index is 16.1. The molecule has 1 aromatic heterocycles. The first-order valence-electron chi connectivity index (χ1n) is 16.7. The molecule has 8 nitrogen and oxygen atoms in total. The Hall–Kier alpha value is -4.03. The minimum Gasteiger partial charge on any atom is -0.466 e. The number of nitrogens with zero attached hydrogens (tertiary/aromatic N) is 2. The first-order chi connectivity index (χ1) is 23.2. The van der Waals surface area contributed by atoms with Crippen LogP contribution < -0.4 is 10.9 Å². The lowest BCUT2D eigenvalue weighted by atomic mass is 9.88. The average Bonchev–Trinajstić information content (AvgIpc) is 2.96. The highest BCUT2D eigenvalue weighted by Crippen LogP contribution is 2.37. The van der Waals surface area contributed by atoms with Gasteiger partial charge >= 0.3 is 12.1 Å². The molecule has 0 bridgehead atoms. The molecule has 0 radical (unpaired) electrons. The zero-order valence-corrected chi connectivity index (χ0v) is 30.3. The summed E-state index contributed by atoms with van der Waals surface area (Å²) < 4.78 is 64.3. The van der Waals surface area contributed by atoms with Crippen LogP contribution in [0.5, 0.6) is 0 Å². The molecule has 0 aliphatic carbocycles. The number of alkyl halides is 3. The highest BCUT2D eigenvalue weighted by Gasteiger charge is 2.41. The molecule has 1 heterocycles. The van der Waals surface area contributed by atoms with E-state index in [0.717, 1.165) is 33.0 Å². The van der Waals surface area contributed by atoms with Crippen LogP contribution in [0.4, 0.5) is 17.6 Å². The van der Waals surface area contributed by atoms with Crippen LogP contribution in [0, 0.1) is 39.4 Å². The van der Waals surface area contributed by atoms with E-state index in [2.05, 4.69) is 5.32 Å². The summed E-state index contributed by atoms with van der Waals surface area (Å²) in [5.41, 5.74) is -1.16. The molecule has 0 saturated heterocycles. The van der Waals surface area contributed by atoms with Crippen LogP contribution in [0.3, 0.4) is 0 Å². The zero-order chi connectivity index (χ0) is 37.7. The largest absolute Gasteiger partial charge is 0.466 e. The number of ether oxygens (including phenoxy) is 1. The van der Waals surface area contributed by atoms with Crippen molar-refractivity contribution in [3.8, 4) is 11.1 Å². The maximum atomic E-state index is 16.1. The van der Waals surface area contributed by atoms with Gasteiger partial charge in [0.2, 0.25) is 5.91 Å². The Morgan fingerprint density at radius 2 is 1.60 bits per heavy atom. The Bertz CT molecular complexity index is 1740. The topological polar surface area (TPSA) is 101 Å². The van der Waals surface area contributed by atoms with Gasteiger partial charge in [0.05, 0.1) is 18.6 Å². The first-order valence-corrected chi connectivity index (χ1v) is 16.7. The van der Waals surface area contributed by atoms with Gasteiger partial charge in [0.25, 0.3) is 5.56 Å². The standard InChI is InChI=1S/C38H49F4N3O5/c1-10-50-33(47)20-37(49,30-18-28(17-26(7)35(30)39)34-24(5)15-23(4)16-25(34)6)43-36(48)31(14-22(2)3)45-21-27(12-11-13-44(8)9)29(19-32(45)46)38(40,41)42/h15-19,21-22,31,49H,10-14,20H2,1-9H3,(H,43,48)/t31?,37-/m1/s1. The van der Waals surface area contributed by atoms with Crippen LogP contribution >= 0.6 is 0 Å². The van der Waals surface area contributed by atoms with Crippen molar-refractivity contribution in [2.45, 2.75) is 92.1 Å². The number of carbonyl (C=O) groups is 2. The van der Waals surface area contributed by atoms with Gasteiger partial charge in [-0.3, -0.25) is 14.4 Å². The summed E-state index contributed by atoms with van der Waals surface area (Å²) >= 11 is 0. The lowest BCUT2D eigenvalue weighted by Crippen LogP contribution is -2.51. The number of hydrogen-bond acceptors (Lipinski definition) is 6. The molecule has 12 heteroatoms. The van der Waals surface area contributed by atoms with E-state index in [0.29, 0.717) is 24.6 Å². The van der Waals surface area contributed by atoms with Crippen molar-refractivity contribution in [1.82, 2.24) is 14.8 Å². The lowest BCUT2D eigenvalue weighted by Gasteiger charge is -2.33. The van der Waals surface area contributed by atoms with Crippen molar-refractivity contribution in [2.24, 2.45) is 5.92 Å². The van der Waals surface area contributed by atoms with Crippen LogP contribution in [0.15, 0.2) is 41.3 Å². The summed E-state index contributed by atoms with van der Waals surface area (Å²) in [6, 6.07) is 5.96. The quantitative estimate of drug-likeness (QED) is 0.108. The zero-order valence-electron chi connectivity index (χ0n) is 30.3. The van der Waals surface area contributed by atoms with Crippen molar-refractivity contribution in [2.75, 3.05) is 27.2 Å². The fourth-order valence-corrected chi connectivity index (χ4v) is 6.44. The highest BCUT2D eigenvalue weighted by atomic mass is 19.4. The molecular formula is C38H49F4N3O5. The SMILES string of the molecule is CCOC(=O)C[C@](O)(NC(=O)C(CC(C)C)n1cc(CCCN(C)C)c(C(F)(F)F)cc1=O)c1cc(-c2c(C)cc(C)cc2C)cc(C)c1F. The van der Waals surface area contributed by atoms with E-state index in [-0.39, 0.29) is 36.5 Å². The fraction of sp³-hybridized carbons (Fsp3) is 0.500. The molecule has 3 aromatic rings. The molecule has 1 unspecified atom stereocenters. The number of nitrogens with one attached hydrogen (secondary N) is 1. The van der Waals surface area contributed by atoms with Crippen molar-refractivity contribution in [1.29, 1.82) is 0 Å². The molecule has 3 rings (SSSR count). The number of hydrogen-bond donors (Lipinski definition) is 2. The Morgan fingerprint density at radius 3 is 2.14 bits per heavy atom. The number of benzene rings is 2. The van der Waals surface area contributed by atoms with E-state index in [1.807, 2.05) is 37.8 Å². The van der Waals surface area contributed by atoms with Gasteiger partial charge in [-0.2, -0.15) is 13.2 Å². The molecule has 2 aromatic carbocycles. The van der Waals surface area contributed by atoms with Gasteiger partial charge in [-0.05, 0) is 126 Å². The van der Waals surface area contributed by atoms with Crippen LogP contribution in [-0.2, 0) is 32.6 Å².